The largest absolute Gasteiger partial charge is 0.348 e. The van der Waals surface area contributed by atoms with Crippen molar-refractivity contribution >= 4 is 22.9 Å². The van der Waals surface area contributed by atoms with E-state index in [4.69, 9.17) is 27.6 Å². The van der Waals surface area contributed by atoms with E-state index in [2.05, 4.69) is 22.4 Å². The fourth-order valence-corrected chi connectivity index (χ4v) is 4.21. The Labute approximate surface area is 214 Å². The van der Waals surface area contributed by atoms with Crippen molar-refractivity contribution < 1.29 is 0 Å². The second-order valence-electron chi connectivity index (χ2n) is 8.29. The van der Waals surface area contributed by atoms with Gasteiger partial charge < -0.3 is 5.32 Å². The van der Waals surface area contributed by atoms with Crippen LogP contribution >= 0.6 is 12.2 Å². The fourth-order valence-electron chi connectivity index (χ4n) is 3.96. The average Bonchev–Trinajstić information content (AvgIpc) is 3.33. The molecule has 0 spiro atoms. The van der Waals surface area contributed by atoms with Crippen molar-refractivity contribution in [2.45, 2.75) is 13.5 Å². The zero-order chi connectivity index (χ0) is 24.9. The molecule has 0 aliphatic rings. The molecule has 2 aromatic carbocycles. The van der Waals surface area contributed by atoms with Crippen molar-refractivity contribution in [3.63, 3.8) is 0 Å². The highest BCUT2D eigenvalue weighted by Crippen LogP contribution is 2.32. The molecule has 5 rings (SSSR count). The van der Waals surface area contributed by atoms with Crippen molar-refractivity contribution in [2.75, 3.05) is 5.32 Å². The molecule has 3 heterocycles. The van der Waals surface area contributed by atoms with Crippen molar-refractivity contribution in [3.8, 4) is 39.8 Å². The molecule has 5 aromatic rings. The van der Waals surface area contributed by atoms with E-state index >= 15 is 0 Å². The maximum absolute atomic E-state index is 9.16. The Morgan fingerprint density at radius 3 is 2.58 bits per heavy atom. The molecule has 7 heteroatoms. The second kappa shape index (κ2) is 10.3. The van der Waals surface area contributed by atoms with E-state index in [0.717, 1.165) is 45.2 Å². The normalized spacial score (nSPS) is 10.6. The van der Waals surface area contributed by atoms with Gasteiger partial charge in [0.05, 0.1) is 29.6 Å². The molecule has 0 aliphatic heterocycles. The van der Waals surface area contributed by atoms with Crippen LogP contribution in [0.4, 0.5) is 5.69 Å². The Bertz CT molecular complexity index is 1580. The summed E-state index contributed by atoms with van der Waals surface area (Å²) in [5.41, 5.74) is 7.71. The summed E-state index contributed by atoms with van der Waals surface area (Å²) in [5.74, 6) is 0. The van der Waals surface area contributed by atoms with Crippen LogP contribution in [0.2, 0.25) is 0 Å². The highest BCUT2D eigenvalue weighted by atomic mass is 32.1. The van der Waals surface area contributed by atoms with Crippen LogP contribution in [-0.2, 0) is 6.54 Å². The van der Waals surface area contributed by atoms with Gasteiger partial charge in [-0.2, -0.15) is 10.4 Å². The fraction of sp³-hybridized carbons (Fsp3) is 0.0690. The summed E-state index contributed by atoms with van der Waals surface area (Å²) in [4.78, 5) is 9.88. The molecule has 174 valence electrons. The topological polar surface area (TPSA) is 79.4 Å². The van der Waals surface area contributed by atoms with Gasteiger partial charge >= 0.3 is 0 Å². The number of hydrogen-bond acceptors (Lipinski definition) is 5. The van der Waals surface area contributed by atoms with Crippen LogP contribution in [0.3, 0.4) is 0 Å². The van der Waals surface area contributed by atoms with Crippen molar-refractivity contribution in [1.82, 2.24) is 19.7 Å². The van der Waals surface area contributed by atoms with E-state index in [0.29, 0.717) is 17.1 Å². The SMILES string of the molecule is Cc1cccc(-c2nn(CC(=S)Nc3cccc(C#N)c3)cc2-c2ccnc(-c3ccccc3)c2)n1. The van der Waals surface area contributed by atoms with Crippen LogP contribution in [0.1, 0.15) is 11.3 Å². The minimum Gasteiger partial charge on any atom is -0.348 e. The Kier molecular flexibility index (Phi) is 6.61. The van der Waals surface area contributed by atoms with Crippen LogP contribution in [0.25, 0.3) is 33.8 Å². The molecule has 0 saturated carbocycles. The lowest BCUT2D eigenvalue weighted by molar-refractivity contribution is 0.730. The first kappa shape index (κ1) is 23.1. The molecule has 1 N–H and O–H groups in total. The third-order valence-corrected chi connectivity index (χ3v) is 5.85. The molecular formula is C29H22N6S. The molecule has 36 heavy (non-hydrogen) atoms. The number of nitriles is 1. The van der Waals surface area contributed by atoms with Gasteiger partial charge in [-0.25, -0.2) is 0 Å². The van der Waals surface area contributed by atoms with Crippen LogP contribution in [-0.4, -0.2) is 24.7 Å². The summed E-state index contributed by atoms with van der Waals surface area (Å²) >= 11 is 5.61. The third kappa shape index (κ3) is 5.19. The maximum atomic E-state index is 9.16. The molecule has 0 fully saturated rings. The number of aryl methyl sites for hydroxylation is 1. The summed E-state index contributed by atoms with van der Waals surface area (Å²) in [6.07, 6.45) is 3.81. The standard InChI is InChI=1S/C29H22N6S/c1-20-7-5-12-26(32-20)29-25(23-13-14-31-27(16-23)22-9-3-2-4-10-22)18-35(34-29)19-28(36)33-24-11-6-8-21(15-24)17-30/h2-16,18H,19H2,1H3,(H,33,36). The molecule has 0 aliphatic carbocycles. The maximum Gasteiger partial charge on any atom is 0.119 e. The van der Waals surface area contributed by atoms with Gasteiger partial charge in [-0.1, -0.05) is 54.7 Å². The van der Waals surface area contributed by atoms with E-state index in [-0.39, 0.29) is 0 Å². The van der Waals surface area contributed by atoms with Crippen molar-refractivity contribution in [1.29, 1.82) is 5.26 Å². The van der Waals surface area contributed by atoms with Gasteiger partial charge in [-0.15, -0.1) is 0 Å². The third-order valence-electron chi connectivity index (χ3n) is 5.61. The van der Waals surface area contributed by atoms with Gasteiger partial charge in [-0.05, 0) is 55.0 Å². The summed E-state index contributed by atoms with van der Waals surface area (Å²) < 4.78 is 1.82. The number of aromatic nitrogens is 4. The van der Waals surface area contributed by atoms with Crippen LogP contribution in [0.15, 0.2) is 97.3 Å². The number of nitrogens with zero attached hydrogens (tertiary/aromatic N) is 5. The number of hydrogen-bond donors (Lipinski definition) is 1. The van der Waals surface area contributed by atoms with Crippen LogP contribution in [0, 0.1) is 18.3 Å². The minimum absolute atomic E-state index is 0.377. The molecule has 6 nitrogen and oxygen atoms in total. The number of anilines is 1. The van der Waals surface area contributed by atoms with E-state index in [1.54, 1.807) is 12.1 Å². The van der Waals surface area contributed by atoms with Crippen molar-refractivity contribution in [3.05, 3.63) is 109 Å². The molecule has 0 unspecified atom stereocenters. The predicted molar refractivity (Wildman–Crippen MR) is 146 cm³/mol. The summed E-state index contributed by atoms with van der Waals surface area (Å²) in [7, 11) is 0. The lowest BCUT2D eigenvalue weighted by Gasteiger charge is -2.08. The number of nitrogens with one attached hydrogen (secondary N) is 1. The van der Waals surface area contributed by atoms with Crippen LogP contribution < -0.4 is 5.32 Å². The molecule has 0 radical (unpaired) electrons. The number of benzene rings is 2. The Hall–Kier alpha value is -4.67. The monoisotopic (exact) mass is 486 g/mol. The van der Waals surface area contributed by atoms with Crippen molar-refractivity contribution in [2.24, 2.45) is 0 Å². The van der Waals surface area contributed by atoms with E-state index in [9.17, 15) is 0 Å². The van der Waals surface area contributed by atoms with E-state index in [1.807, 2.05) is 90.7 Å². The van der Waals surface area contributed by atoms with Gasteiger partial charge in [0.15, 0.2) is 0 Å². The molecule has 0 atom stereocenters. The number of thiocarbonyl (C=S) groups is 1. The molecule has 3 aromatic heterocycles. The zero-order valence-corrected chi connectivity index (χ0v) is 20.4. The van der Waals surface area contributed by atoms with E-state index < -0.39 is 0 Å². The summed E-state index contributed by atoms with van der Waals surface area (Å²) in [6, 6.07) is 29.4. The first-order chi connectivity index (χ1) is 17.6. The van der Waals surface area contributed by atoms with Gasteiger partial charge in [0.2, 0.25) is 0 Å². The summed E-state index contributed by atoms with van der Waals surface area (Å²) in [5, 5.41) is 17.2. The van der Waals surface area contributed by atoms with E-state index in [1.165, 1.54) is 0 Å². The molecule has 0 amide bonds. The Balaban J connectivity index is 1.50. The highest BCUT2D eigenvalue weighted by Gasteiger charge is 2.16. The van der Waals surface area contributed by atoms with Gasteiger partial charge in [0.25, 0.3) is 0 Å². The lowest BCUT2D eigenvalue weighted by Crippen LogP contribution is -2.17. The smallest absolute Gasteiger partial charge is 0.119 e. The second-order valence-corrected chi connectivity index (χ2v) is 8.78. The van der Waals surface area contributed by atoms with Gasteiger partial charge in [-0.3, -0.25) is 14.6 Å². The average molecular weight is 487 g/mol. The van der Waals surface area contributed by atoms with Crippen LogP contribution in [0.5, 0.6) is 0 Å². The first-order valence-electron chi connectivity index (χ1n) is 11.4. The molecular weight excluding hydrogens is 464 g/mol. The Morgan fingerprint density at radius 1 is 0.944 bits per heavy atom. The highest BCUT2D eigenvalue weighted by molar-refractivity contribution is 7.80. The molecule has 0 saturated heterocycles. The van der Waals surface area contributed by atoms with Gasteiger partial charge in [0.1, 0.15) is 10.7 Å². The quantitative estimate of drug-likeness (QED) is 0.284. The minimum atomic E-state index is 0.377. The number of rotatable bonds is 6. The predicted octanol–water partition coefficient (Wildman–Crippen LogP) is 6.29. The first-order valence-corrected chi connectivity index (χ1v) is 11.8. The Morgan fingerprint density at radius 2 is 1.78 bits per heavy atom. The van der Waals surface area contributed by atoms with Gasteiger partial charge in [0, 0.05) is 34.9 Å². The molecule has 0 bridgehead atoms. The number of pyridine rings is 2. The lowest BCUT2D eigenvalue weighted by atomic mass is 10.0. The zero-order valence-electron chi connectivity index (χ0n) is 19.6. The summed E-state index contributed by atoms with van der Waals surface area (Å²) in [6.45, 7) is 2.34.